The Labute approximate surface area is 123 Å². The SMILES string of the molecule is CC(S)c1cncc(CNC(=O)Oc2ccccc2)c1. The molecule has 1 heterocycles. The van der Waals surface area contributed by atoms with Crippen molar-refractivity contribution in [1.29, 1.82) is 0 Å². The Morgan fingerprint density at radius 3 is 2.80 bits per heavy atom. The number of pyridine rings is 1. The van der Waals surface area contributed by atoms with Crippen molar-refractivity contribution in [3.8, 4) is 5.75 Å². The first-order valence-corrected chi connectivity index (χ1v) is 6.79. The van der Waals surface area contributed by atoms with E-state index in [4.69, 9.17) is 4.74 Å². The van der Waals surface area contributed by atoms with Crippen LogP contribution in [0.2, 0.25) is 0 Å². The topological polar surface area (TPSA) is 51.2 Å². The molecule has 1 aromatic carbocycles. The molecule has 5 heteroatoms. The van der Waals surface area contributed by atoms with Crippen LogP contribution in [0.1, 0.15) is 23.3 Å². The summed E-state index contributed by atoms with van der Waals surface area (Å²) in [5.74, 6) is 0.515. The van der Waals surface area contributed by atoms with E-state index in [1.54, 1.807) is 24.5 Å². The number of aromatic nitrogens is 1. The summed E-state index contributed by atoms with van der Waals surface area (Å²) < 4.78 is 5.13. The average molecular weight is 288 g/mol. The van der Waals surface area contributed by atoms with Crippen LogP contribution in [-0.2, 0) is 6.54 Å². The summed E-state index contributed by atoms with van der Waals surface area (Å²) in [5.41, 5.74) is 1.93. The second kappa shape index (κ2) is 6.96. The molecule has 1 amide bonds. The van der Waals surface area contributed by atoms with Crippen LogP contribution in [0.4, 0.5) is 4.79 Å². The second-order valence-electron chi connectivity index (χ2n) is 4.36. The third kappa shape index (κ3) is 4.28. The first-order valence-electron chi connectivity index (χ1n) is 6.28. The lowest BCUT2D eigenvalue weighted by Gasteiger charge is -2.08. The van der Waals surface area contributed by atoms with Crippen molar-refractivity contribution in [2.45, 2.75) is 18.7 Å². The predicted octanol–water partition coefficient (Wildman–Crippen LogP) is 3.36. The van der Waals surface area contributed by atoms with Crippen LogP contribution < -0.4 is 10.1 Å². The van der Waals surface area contributed by atoms with Gasteiger partial charge >= 0.3 is 6.09 Å². The first kappa shape index (κ1) is 14.4. The molecule has 0 fully saturated rings. The van der Waals surface area contributed by atoms with Gasteiger partial charge in [0, 0.05) is 24.2 Å². The van der Waals surface area contributed by atoms with Crippen molar-refractivity contribution >= 4 is 18.7 Å². The second-order valence-corrected chi connectivity index (χ2v) is 5.13. The predicted molar refractivity (Wildman–Crippen MR) is 80.9 cm³/mol. The number of hydrogen-bond donors (Lipinski definition) is 2. The minimum Gasteiger partial charge on any atom is -0.410 e. The van der Waals surface area contributed by atoms with Gasteiger partial charge in [-0.3, -0.25) is 4.98 Å². The quantitative estimate of drug-likeness (QED) is 0.848. The van der Waals surface area contributed by atoms with Crippen LogP contribution in [0.5, 0.6) is 5.75 Å². The number of nitrogens with one attached hydrogen (secondary N) is 1. The molecule has 2 rings (SSSR count). The maximum absolute atomic E-state index is 11.6. The third-order valence-corrected chi connectivity index (χ3v) is 2.99. The van der Waals surface area contributed by atoms with Gasteiger partial charge in [-0.15, -0.1) is 0 Å². The van der Waals surface area contributed by atoms with E-state index in [1.807, 2.05) is 31.2 Å². The van der Waals surface area contributed by atoms with Crippen LogP contribution in [-0.4, -0.2) is 11.1 Å². The fourth-order valence-electron chi connectivity index (χ4n) is 1.64. The Balaban J connectivity index is 1.89. The van der Waals surface area contributed by atoms with Crippen LogP contribution in [0.25, 0.3) is 0 Å². The maximum atomic E-state index is 11.6. The zero-order valence-corrected chi connectivity index (χ0v) is 12.0. The zero-order valence-electron chi connectivity index (χ0n) is 11.1. The maximum Gasteiger partial charge on any atom is 0.412 e. The Kier molecular flexibility index (Phi) is 5.01. The van der Waals surface area contributed by atoms with Crippen LogP contribution >= 0.6 is 12.6 Å². The molecule has 20 heavy (non-hydrogen) atoms. The molecule has 0 aliphatic carbocycles. The molecular weight excluding hydrogens is 272 g/mol. The van der Waals surface area contributed by atoms with E-state index in [0.29, 0.717) is 12.3 Å². The molecule has 0 aliphatic heterocycles. The minimum atomic E-state index is -0.486. The van der Waals surface area contributed by atoms with Gasteiger partial charge in [0.15, 0.2) is 0 Å². The summed E-state index contributed by atoms with van der Waals surface area (Å²) in [6, 6.07) is 10.9. The van der Waals surface area contributed by atoms with Crippen LogP contribution in [0.3, 0.4) is 0 Å². The lowest BCUT2D eigenvalue weighted by Crippen LogP contribution is -2.26. The van der Waals surface area contributed by atoms with Crippen molar-refractivity contribution < 1.29 is 9.53 Å². The van der Waals surface area contributed by atoms with Crippen molar-refractivity contribution in [2.75, 3.05) is 0 Å². The van der Waals surface area contributed by atoms with Crippen molar-refractivity contribution in [2.24, 2.45) is 0 Å². The van der Waals surface area contributed by atoms with Crippen molar-refractivity contribution in [1.82, 2.24) is 10.3 Å². The van der Waals surface area contributed by atoms with E-state index in [0.717, 1.165) is 11.1 Å². The Bertz CT molecular complexity index is 573. The van der Waals surface area contributed by atoms with Gasteiger partial charge in [0.25, 0.3) is 0 Å². The van der Waals surface area contributed by atoms with E-state index in [9.17, 15) is 4.79 Å². The van der Waals surface area contributed by atoms with Crippen LogP contribution in [0, 0.1) is 0 Å². The lowest BCUT2D eigenvalue weighted by atomic mass is 10.1. The van der Waals surface area contributed by atoms with Gasteiger partial charge in [-0.05, 0) is 36.2 Å². The first-order chi connectivity index (χ1) is 9.65. The highest BCUT2D eigenvalue weighted by Crippen LogP contribution is 2.18. The van der Waals surface area contributed by atoms with Gasteiger partial charge in [-0.2, -0.15) is 12.6 Å². The molecule has 0 bridgehead atoms. The number of rotatable bonds is 4. The molecule has 1 unspecified atom stereocenters. The summed E-state index contributed by atoms with van der Waals surface area (Å²) >= 11 is 4.36. The fourth-order valence-corrected chi connectivity index (χ4v) is 1.78. The normalized spacial score (nSPS) is 11.7. The summed E-state index contributed by atoms with van der Waals surface area (Å²) in [5, 5.41) is 2.80. The Morgan fingerprint density at radius 1 is 1.35 bits per heavy atom. The van der Waals surface area contributed by atoms with Crippen LogP contribution in [0.15, 0.2) is 48.8 Å². The van der Waals surface area contributed by atoms with E-state index in [-0.39, 0.29) is 5.25 Å². The van der Waals surface area contributed by atoms with Gasteiger partial charge in [0.2, 0.25) is 0 Å². The molecule has 4 nitrogen and oxygen atoms in total. The number of para-hydroxylation sites is 1. The van der Waals surface area contributed by atoms with Gasteiger partial charge < -0.3 is 10.1 Å². The number of amides is 1. The molecular formula is C15H16N2O2S. The molecule has 0 saturated carbocycles. The highest BCUT2D eigenvalue weighted by atomic mass is 32.1. The molecule has 0 aliphatic rings. The van der Waals surface area contributed by atoms with E-state index >= 15 is 0 Å². The summed E-state index contributed by atoms with van der Waals surface area (Å²) in [6.07, 6.45) is 2.99. The molecule has 0 radical (unpaired) electrons. The zero-order chi connectivity index (χ0) is 14.4. The Hall–Kier alpha value is -2.01. The average Bonchev–Trinajstić information content (AvgIpc) is 2.46. The monoisotopic (exact) mass is 288 g/mol. The summed E-state index contributed by atoms with van der Waals surface area (Å²) in [6.45, 7) is 2.34. The standard InChI is InChI=1S/C15H16N2O2S/c1-11(20)13-7-12(8-16-10-13)9-17-15(18)19-14-5-3-2-4-6-14/h2-8,10-11,20H,9H2,1H3,(H,17,18). The minimum absolute atomic E-state index is 0.110. The number of nitrogens with zero attached hydrogens (tertiary/aromatic N) is 1. The van der Waals surface area contributed by atoms with Crippen molar-refractivity contribution in [3.63, 3.8) is 0 Å². The van der Waals surface area contributed by atoms with Gasteiger partial charge in [0.05, 0.1) is 0 Å². The lowest BCUT2D eigenvalue weighted by molar-refractivity contribution is 0.200. The van der Waals surface area contributed by atoms with Crippen molar-refractivity contribution in [3.05, 3.63) is 59.9 Å². The van der Waals surface area contributed by atoms with E-state index < -0.39 is 6.09 Å². The smallest absolute Gasteiger partial charge is 0.410 e. The summed E-state index contributed by atoms with van der Waals surface area (Å²) in [4.78, 5) is 15.8. The molecule has 0 saturated heterocycles. The van der Waals surface area contributed by atoms with Gasteiger partial charge in [-0.1, -0.05) is 18.2 Å². The molecule has 2 aromatic rings. The largest absolute Gasteiger partial charge is 0.412 e. The highest BCUT2D eigenvalue weighted by molar-refractivity contribution is 7.80. The molecule has 1 N–H and O–H groups in total. The molecule has 1 aromatic heterocycles. The van der Waals surface area contributed by atoms with E-state index in [1.165, 1.54) is 0 Å². The van der Waals surface area contributed by atoms with E-state index in [2.05, 4.69) is 22.9 Å². The molecule has 104 valence electrons. The van der Waals surface area contributed by atoms with Gasteiger partial charge in [0.1, 0.15) is 5.75 Å². The number of carbonyl (C=O) groups is 1. The van der Waals surface area contributed by atoms with Gasteiger partial charge in [-0.25, -0.2) is 4.79 Å². The number of ether oxygens (including phenoxy) is 1. The molecule has 1 atom stereocenters. The fraction of sp³-hybridized carbons (Fsp3) is 0.200. The molecule has 0 spiro atoms. The number of benzene rings is 1. The number of carbonyl (C=O) groups excluding carboxylic acids is 1. The third-order valence-electron chi connectivity index (χ3n) is 2.69. The number of thiol groups is 1. The summed E-state index contributed by atoms with van der Waals surface area (Å²) in [7, 11) is 0. The number of hydrogen-bond acceptors (Lipinski definition) is 4. The Morgan fingerprint density at radius 2 is 2.10 bits per heavy atom. The highest BCUT2D eigenvalue weighted by Gasteiger charge is 2.05.